The van der Waals surface area contributed by atoms with E-state index >= 15 is 0 Å². The summed E-state index contributed by atoms with van der Waals surface area (Å²) in [6, 6.07) is 5.52. The zero-order valence-corrected chi connectivity index (χ0v) is 14.0. The van der Waals surface area contributed by atoms with Crippen molar-refractivity contribution in [1.82, 2.24) is 14.7 Å². The van der Waals surface area contributed by atoms with Gasteiger partial charge in [0.05, 0.1) is 18.4 Å². The molecule has 2 aromatic heterocycles. The molecule has 0 bridgehead atoms. The van der Waals surface area contributed by atoms with Crippen LogP contribution in [0, 0.1) is 0 Å². The fraction of sp³-hybridized carbons (Fsp3) is 0.500. The molecule has 1 aliphatic rings. The van der Waals surface area contributed by atoms with Crippen LogP contribution in [-0.2, 0) is 17.0 Å². The number of amides is 1. The van der Waals surface area contributed by atoms with Crippen molar-refractivity contribution in [3.8, 4) is 0 Å². The van der Waals surface area contributed by atoms with E-state index < -0.39 is 0 Å². The predicted molar refractivity (Wildman–Crippen MR) is 88.4 cm³/mol. The quantitative estimate of drug-likeness (QED) is 0.839. The number of rotatable bonds is 5. The van der Waals surface area contributed by atoms with Gasteiger partial charge >= 0.3 is 0 Å². The Morgan fingerprint density at radius 1 is 1.48 bits per heavy atom. The number of carbonyl (C=O) groups excluding carboxylic acids is 1. The lowest BCUT2D eigenvalue weighted by Gasteiger charge is -2.23. The smallest absolute Gasteiger partial charge is 0.289 e. The van der Waals surface area contributed by atoms with Crippen molar-refractivity contribution in [2.45, 2.75) is 24.8 Å². The maximum atomic E-state index is 12.7. The van der Waals surface area contributed by atoms with Crippen LogP contribution in [0.15, 0.2) is 35.0 Å². The summed E-state index contributed by atoms with van der Waals surface area (Å²) < 4.78 is 13.3. The van der Waals surface area contributed by atoms with Crippen LogP contribution in [0.3, 0.4) is 0 Å². The Bertz CT molecular complexity index is 626. The lowest BCUT2D eigenvalue weighted by molar-refractivity contribution is 0.0358. The molecule has 1 fully saturated rings. The van der Waals surface area contributed by atoms with Crippen molar-refractivity contribution in [1.29, 1.82) is 0 Å². The SMILES string of the molecule is CSCc1ccc(C(=O)N2CCCO[C@H](Cn3cccn3)C2)o1. The number of ether oxygens (including phenoxy) is 1. The van der Waals surface area contributed by atoms with Crippen molar-refractivity contribution in [3.63, 3.8) is 0 Å². The Kier molecular flexibility index (Phi) is 5.40. The van der Waals surface area contributed by atoms with Crippen molar-refractivity contribution in [2.75, 3.05) is 26.0 Å². The van der Waals surface area contributed by atoms with Crippen molar-refractivity contribution < 1.29 is 13.9 Å². The highest BCUT2D eigenvalue weighted by Gasteiger charge is 2.25. The highest BCUT2D eigenvalue weighted by molar-refractivity contribution is 7.97. The third-order valence-electron chi connectivity index (χ3n) is 3.75. The number of thioether (sulfide) groups is 1. The second-order valence-corrected chi connectivity index (χ2v) is 6.39. The van der Waals surface area contributed by atoms with E-state index in [9.17, 15) is 4.79 Å². The largest absolute Gasteiger partial charge is 0.455 e. The van der Waals surface area contributed by atoms with Gasteiger partial charge in [-0.1, -0.05) is 0 Å². The molecule has 1 amide bonds. The summed E-state index contributed by atoms with van der Waals surface area (Å²) in [6.07, 6.45) is 6.44. The topological polar surface area (TPSA) is 60.5 Å². The average molecular weight is 335 g/mol. The summed E-state index contributed by atoms with van der Waals surface area (Å²) in [5, 5.41) is 4.21. The van der Waals surface area contributed by atoms with E-state index in [1.807, 2.05) is 34.2 Å². The minimum atomic E-state index is -0.0617. The molecule has 0 N–H and O–H groups in total. The van der Waals surface area contributed by atoms with Gasteiger partial charge in [0.15, 0.2) is 5.76 Å². The Hall–Kier alpha value is -1.73. The third kappa shape index (κ3) is 4.17. The van der Waals surface area contributed by atoms with Gasteiger partial charge in [0.25, 0.3) is 5.91 Å². The molecule has 1 saturated heterocycles. The zero-order chi connectivity index (χ0) is 16.1. The number of hydrogen-bond donors (Lipinski definition) is 0. The molecular weight excluding hydrogens is 314 g/mol. The molecule has 7 heteroatoms. The van der Waals surface area contributed by atoms with Gasteiger partial charge in [-0.3, -0.25) is 9.48 Å². The monoisotopic (exact) mass is 335 g/mol. The molecular formula is C16H21N3O3S. The number of furan rings is 1. The van der Waals surface area contributed by atoms with Crippen LogP contribution < -0.4 is 0 Å². The molecule has 3 heterocycles. The minimum Gasteiger partial charge on any atom is -0.455 e. The first kappa shape index (κ1) is 16.1. The van der Waals surface area contributed by atoms with E-state index in [0.29, 0.717) is 32.0 Å². The summed E-state index contributed by atoms with van der Waals surface area (Å²) in [4.78, 5) is 14.5. The lowest BCUT2D eigenvalue weighted by Crippen LogP contribution is -2.38. The first-order valence-corrected chi connectivity index (χ1v) is 9.11. The van der Waals surface area contributed by atoms with Gasteiger partial charge in [0, 0.05) is 32.1 Å². The van der Waals surface area contributed by atoms with Gasteiger partial charge in [0.2, 0.25) is 0 Å². The van der Waals surface area contributed by atoms with Crippen molar-refractivity contribution in [2.24, 2.45) is 0 Å². The first-order valence-electron chi connectivity index (χ1n) is 7.72. The van der Waals surface area contributed by atoms with E-state index in [1.165, 1.54) is 0 Å². The zero-order valence-electron chi connectivity index (χ0n) is 13.2. The minimum absolute atomic E-state index is 0.0537. The van der Waals surface area contributed by atoms with E-state index in [-0.39, 0.29) is 12.0 Å². The van der Waals surface area contributed by atoms with Crippen LogP contribution in [-0.4, -0.2) is 52.6 Å². The Labute approximate surface area is 139 Å². The molecule has 6 nitrogen and oxygen atoms in total. The van der Waals surface area contributed by atoms with E-state index in [2.05, 4.69) is 5.10 Å². The number of aromatic nitrogens is 2. The fourth-order valence-electron chi connectivity index (χ4n) is 2.68. The van der Waals surface area contributed by atoms with Gasteiger partial charge in [-0.05, 0) is 30.9 Å². The Morgan fingerprint density at radius 2 is 2.39 bits per heavy atom. The average Bonchev–Trinajstić information content (AvgIpc) is 3.16. The van der Waals surface area contributed by atoms with Gasteiger partial charge in [-0.25, -0.2) is 0 Å². The van der Waals surface area contributed by atoms with Crippen molar-refractivity contribution >= 4 is 17.7 Å². The predicted octanol–water partition coefficient (Wildman–Crippen LogP) is 2.27. The standard InChI is InChI=1S/C16H21N3O3S/c1-23-12-13-4-5-15(22-13)16(20)18-7-3-9-21-14(10-18)11-19-8-2-6-17-19/h2,4-6,8,14H,3,7,9-12H2,1H3/t14-/m0/s1. The lowest BCUT2D eigenvalue weighted by atomic mass is 10.3. The molecule has 3 rings (SSSR count). The molecule has 1 atom stereocenters. The van der Waals surface area contributed by atoms with E-state index in [0.717, 1.165) is 17.9 Å². The van der Waals surface area contributed by atoms with Crippen LogP contribution in [0.1, 0.15) is 22.7 Å². The summed E-state index contributed by atoms with van der Waals surface area (Å²) in [7, 11) is 0. The van der Waals surface area contributed by atoms with Gasteiger partial charge in [-0.15, -0.1) is 0 Å². The Morgan fingerprint density at radius 3 is 3.17 bits per heavy atom. The second kappa shape index (κ2) is 7.70. The number of carbonyl (C=O) groups is 1. The first-order chi connectivity index (χ1) is 11.3. The van der Waals surface area contributed by atoms with Gasteiger partial charge in [0.1, 0.15) is 5.76 Å². The van der Waals surface area contributed by atoms with Crippen molar-refractivity contribution in [3.05, 3.63) is 42.1 Å². The molecule has 2 aromatic rings. The van der Waals surface area contributed by atoms with E-state index in [1.54, 1.807) is 24.0 Å². The normalized spacial score (nSPS) is 18.8. The molecule has 0 spiro atoms. The van der Waals surface area contributed by atoms with E-state index in [4.69, 9.17) is 9.15 Å². The number of nitrogens with zero attached hydrogens (tertiary/aromatic N) is 3. The van der Waals surface area contributed by atoms with Gasteiger partial charge < -0.3 is 14.1 Å². The fourth-order valence-corrected chi connectivity index (χ4v) is 3.12. The van der Waals surface area contributed by atoms with Crippen LogP contribution >= 0.6 is 11.8 Å². The van der Waals surface area contributed by atoms with Gasteiger partial charge in [-0.2, -0.15) is 16.9 Å². The summed E-state index contributed by atoms with van der Waals surface area (Å²) in [5.41, 5.74) is 0. The Balaban J connectivity index is 1.65. The maximum Gasteiger partial charge on any atom is 0.289 e. The molecule has 0 aromatic carbocycles. The second-order valence-electron chi connectivity index (χ2n) is 5.52. The summed E-state index contributed by atoms with van der Waals surface area (Å²) in [6.45, 7) is 2.54. The summed E-state index contributed by atoms with van der Waals surface area (Å²) in [5.74, 6) is 1.96. The molecule has 124 valence electrons. The molecule has 23 heavy (non-hydrogen) atoms. The van der Waals surface area contributed by atoms with Crippen LogP contribution in [0.5, 0.6) is 0 Å². The highest BCUT2D eigenvalue weighted by Crippen LogP contribution is 2.17. The van der Waals surface area contributed by atoms with Crippen LogP contribution in [0.4, 0.5) is 0 Å². The van der Waals surface area contributed by atoms with Crippen LogP contribution in [0.25, 0.3) is 0 Å². The molecule has 0 radical (unpaired) electrons. The molecule has 0 saturated carbocycles. The molecule has 1 aliphatic heterocycles. The molecule has 0 unspecified atom stereocenters. The van der Waals surface area contributed by atoms with Crippen LogP contribution in [0.2, 0.25) is 0 Å². The highest BCUT2D eigenvalue weighted by atomic mass is 32.2. The number of hydrogen-bond acceptors (Lipinski definition) is 5. The summed E-state index contributed by atoms with van der Waals surface area (Å²) >= 11 is 1.67. The molecule has 0 aliphatic carbocycles. The maximum absolute atomic E-state index is 12.7. The third-order valence-corrected chi connectivity index (χ3v) is 4.32.